The van der Waals surface area contributed by atoms with Gasteiger partial charge in [0.25, 0.3) is 0 Å². The fraction of sp³-hybridized carbons (Fsp3) is 0.250. The van der Waals surface area contributed by atoms with Crippen LogP contribution in [0, 0.1) is 0 Å². The Kier molecular flexibility index (Phi) is 4.39. The highest BCUT2D eigenvalue weighted by atomic mass is 32.2. The molecular formula is C12H13NOS2. The Morgan fingerprint density at radius 1 is 1.25 bits per heavy atom. The van der Waals surface area contributed by atoms with Crippen LogP contribution in [0.3, 0.4) is 0 Å². The number of hydrogen-bond acceptors (Lipinski definition) is 4. The second-order valence-corrected chi connectivity index (χ2v) is 5.49. The summed E-state index contributed by atoms with van der Waals surface area (Å²) in [5, 5.41) is 10.8. The molecule has 0 spiro atoms. The maximum atomic E-state index is 8.70. The van der Waals surface area contributed by atoms with Crippen molar-refractivity contribution in [3.8, 4) is 11.3 Å². The van der Waals surface area contributed by atoms with E-state index in [1.54, 1.807) is 23.1 Å². The molecule has 0 bridgehead atoms. The van der Waals surface area contributed by atoms with Gasteiger partial charge in [0.15, 0.2) is 4.34 Å². The summed E-state index contributed by atoms with van der Waals surface area (Å²) in [5.41, 5.74) is 2.20. The van der Waals surface area contributed by atoms with Crippen molar-refractivity contribution < 1.29 is 5.11 Å². The standard InChI is InChI=1S/C12H13NOS2/c14-7-4-8-15-12-13-11(9-16-12)10-5-2-1-3-6-10/h1-3,5-6,9,14H,4,7-8H2. The van der Waals surface area contributed by atoms with Crippen LogP contribution in [0.1, 0.15) is 6.42 Å². The molecule has 0 aliphatic carbocycles. The molecule has 0 amide bonds. The Morgan fingerprint density at radius 3 is 2.81 bits per heavy atom. The molecule has 16 heavy (non-hydrogen) atoms. The molecule has 0 aliphatic heterocycles. The summed E-state index contributed by atoms with van der Waals surface area (Å²) >= 11 is 3.37. The molecule has 0 aliphatic rings. The maximum Gasteiger partial charge on any atom is 0.150 e. The van der Waals surface area contributed by atoms with E-state index in [1.165, 1.54) is 0 Å². The lowest BCUT2D eigenvalue weighted by Crippen LogP contribution is -1.85. The molecule has 1 heterocycles. The predicted molar refractivity (Wildman–Crippen MR) is 70.0 cm³/mol. The first-order valence-corrected chi connectivity index (χ1v) is 7.01. The average molecular weight is 251 g/mol. The summed E-state index contributed by atoms with van der Waals surface area (Å²) in [6.45, 7) is 0.254. The van der Waals surface area contributed by atoms with Crippen molar-refractivity contribution in [2.45, 2.75) is 10.8 Å². The van der Waals surface area contributed by atoms with Gasteiger partial charge in [-0.2, -0.15) is 0 Å². The summed E-state index contributed by atoms with van der Waals surface area (Å²) in [6.07, 6.45) is 0.824. The number of aromatic nitrogens is 1. The predicted octanol–water partition coefficient (Wildman–Crippen LogP) is 3.28. The summed E-state index contributed by atoms with van der Waals surface area (Å²) in [4.78, 5) is 4.55. The molecule has 0 saturated heterocycles. The molecule has 1 aromatic heterocycles. The summed E-state index contributed by atoms with van der Waals surface area (Å²) in [7, 11) is 0. The molecule has 2 rings (SSSR count). The van der Waals surface area contributed by atoms with Crippen LogP contribution in [0.15, 0.2) is 40.1 Å². The first-order valence-electron chi connectivity index (χ1n) is 5.15. The van der Waals surface area contributed by atoms with Crippen LogP contribution < -0.4 is 0 Å². The number of benzene rings is 1. The molecule has 2 nitrogen and oxygen atoms in total. The van der Waals surface area contributed by atoms with Crippen LogP contribution in [0.4, 0.5) is 0 Å². The lowest BCUT2D eigenvalue weighted by molar-refractivity contribution is 0.296. The van der Waals surface area contributed by atoms with Crippen LogP contribution in [0.5, 0.6) is 0 Å². The largest absolute Gasteiger partial charge is 0.396 e. The first-order chi connectivity index (χ1) is 7.90. The van der Waals surface area contributed by atoms with Gasteiger partial charge in [-0.3, -0.25) is 0 Å². The number of aliphatic hydroxyl groups excluding tert-OH is 1. The Balaban J connectivity index is 2.02. The SMILES string of the molecule is OCCCSc1nc(-c2ccccc2)cs1. The molecule has 1 N–H and O–H groups in total. The van der Waals surface area contributed by atoms with Gasteiger partial charge < -0.3 is 5.11 Å². The number of rotatable bonds is 5. The van der Waals surface area contributed by atoms with Gasteiger partial charge in [-0.15, -0.1) is 11.3 Å². The van der Waals surface area contributed by atoms with Gasteiger partial charge in [0.1, 0.15) is 0 Å². The molecule has 0 saturated carbocycles. The third-order valence-corrected chi connectivity index (χ3v) is 4.19. The Morgan fingerprint density at radius 2 is 2.06 bits per heavy atom. The summed E-state index contributed by atoms with van der Waals surface area (Å²) in [6, 6.07) is 10.2. The number of hydrogen-bond donors (Lipinski definition) is 1. The van der Waals surface area contributed by atoms with E-state index in [-0.39, 0.29) is 6.61 Å². The van der Waals surface area contributed by atoms with Crippen molar-refractivity contribution in [2.75, 3.05) is 12.4 Å². The smallest absolute Gasteiger partial charge is 0.150 e. The van der Waals surface area contributed by atoms with Gasteiger partial charge >= 0.3 is 0 Å². The molecule has 1 aromatic carbocycles. The topological polar surface area (TPSA) is 33.1 Å². The van der Waals surface area contributed by atoms with Crippen molar-refractivity contribution in [1.29, 1.82) is 0 Å². The number of nitrogens with zero attached hydrogens (tertiary/aromatic N) is 1. The maximum absolute atomic E-state index is 8.70. The summed E-state index contributed by atoms with van der Waals surface area (Å²) < 4.78 is 1.08. The van der Waals surface area contributed by atoms with E-state index in [1.807, 2.05) is 18.2 Å². The molecular weight excluding hydrogens is 238 g/mol. The van der Waals surface area contributed by atoms with Gasteiger partial charge in [0.05, 0.1) is 5.69 Å². The number of thioether (sulfide) groups is 1. The highest BCUT2D eigenvalue weighted by Crippen LogP contribution is 2.28. The minimum absolute atomic E-state index is 0.254. The van der Waals surface area contributed by atoms with Crippen molar-refractivity contribution in [3.63, 3.8) is 0 Å². The highest BCUT2D eigenvalue weighted by Gasteiger charge is 2.03. The van der Waals surface area contributed by atoms with Crippen molar-refractivity contribution in [3.05, 3.63) is 35.7 Å². The van der Waals surface area contributed by atoms with Crippen LogP contribution in [0.25, 0.3) is 11.3 Å². The lowest BCUT2D eigenvalue weighted by atomic mass is 10.2. The summed E-state index contributed by atoms with van der Waals surface area (Å²) in [5.74, 6) is 0.929. The van der Waals surface area contributed by atoms with Gasteiger partial charge in [0.2, 0.25) is 0 Å². The zero-order valence-electron chi connectivity index (χ0n) is 8.80. The van der Waals surface area contributed by atoms with Crippen molar-refractivity contribution in [2.24, 2.45) is 0 Å². The zero-order valence-corrected chi connectivity index (χ0v) is 10.4. The van der Waals surface area contributed by atoms with E-state index in [2.05, 4.69) is 22.5 Å². The number of aliphatic hydroxyl groups is 1. The number of thiazole rings is 1. The van der Waals surface area contributed by atoms with Crippen LogP contribution in [-0.4, -0.2) is 22.5 Å². The quantitative estimate of drug-likeness (QED) is 0.654. The van der Waals surface area contributed by atoms with Crippen LogP contribution in [0.2, 0.25) is 0 Å². The van der Waals surface area contributed by atoms with E-state index in [4.69, 9.17) is 5.11 Å². The van der Waals surface area contributed by atoms with E-state index < -0.39 is 0 Å². The third kappa shape index (κ3) is 3.07. The van der Waals surface area contributed by atoms with Crippen molar-refractivity contribution in [1.82, 2.24) is 4.98 Å². The minimum atomic E-state index is 0.254. The Labute approximate surface area is 103 Å². The lowest BCUT2D eigenvalue weighted by Gasteiger charge is -1.95. The van der Waals surface area contributed by atoms with Gasteiger partial charge in [0, 0.05) is 23.3 Å². The van der Waals surface area contributed by atoms with Crippen molar-refractivity contribution >= 4 is 23.1 Å². The van der Waals surface area contributed by atoms with E-state index in [9.17, 15) is 0 Å². The van der Waals surface area contributed by atoms with E-state index in [0.717, 1.165) is 27.8 Å². The Bertz CT molecular complexity index is 428. The van der Waals surface area contributed by atoms with Gasteiger partial charge in [-0.1, -0.05) is 42.1 Å². The molecule has 0 radical (unpaired) electrons. The second kappa shape index (κ2) is 6.03. The first kappa shape index (κ1) is 11.6. The molecule has 2 aromatic rings. The van der Waals surface area contributed by atoms with Gasteiger partial charge in [-0.05, 0) is 6.42 Å². The second-order valence-electron chi connectivity index (χ2n) is 3.29. The molecule has 0 unspecified atom stereocenters. The van der Waals surface area contributed by atoms with E-state index >= 15 is 0 Å². The van der Waals surface area contributed by atoms with Crippen LogP contribution >= 0.6 is 23.1 Å². The van der Waals surface area contributed by atoms with Gasteiger partial charge in [-0.25, -0.2) is 4.98 Å². The molecule has 0 atom stereocenters. The average Bonchev–Trinajstić information content (AvgIpc) is 2.79. The van der Waals surface area contributed by atoms with E-state index in [0.29, 0.717) is 0 Å². The normalized spacial score (nSPS) is 10.6. The molecule has 0 fully saturated rings. The highest BCUT2D eigenvalue weighted by molar-refractivity contribution is 8.01. The van der Waals surface area contributed by atoms with Crippen LogP contribution in [-0.2, 0) is 0 Å². The monoisotopic (exact) mass is 251 g/mol. The molecule has 84 valence electrons. The Hall–Kier alpha value is -0.840. The fourth-order valence-electron chi connectivity index (χ4n) is 1.29. The third-order valence-electron chi connectivity index (χ3n) is 2.08. The minimum Gasteiger partial charge on any atom is -0.396 e. The zero-order chi connectivity index (χ0) is 11.2. The fourth-order valence-corrected chi connectivity index (χ4v) is 3.12. The molecule has 4 heteroatoms.